The lowest BCUT2D eigenvalue weighted by Gasteiger charge is -2.44. The molecule has 1 aromatic heterocycles. The predicted octanol–water partition coefficient (Wildman–Crippen LogP) is 3.42. The first kappa shape index (κ1) is 17.4. The Kier molecular flexibility index (Phi) is 5.26. The van der Waals surface area contributed by atoms with Crippen LogP contribution in [0.5, 0.6) is 0 Å². The van der Waals surface area contributed by atoms with Gasteiger partial charge in [0.15, 0.2) is 0 Å². The Balaban J connectivity index is 1.40. The van der Waals surface area contributed by atoms with E-state index in [0.29, 0.717) is 6.54 Å². The van der Waals surface area contributed by atoms with E-state index in [1.807, 2.05) is 30.3 Å². The first-order valence-corrected chi connectivity index (χ1v) is 9.33. The average molecular weight is 357 g/mol. The number of carbonyl (C=O) groups is 1. The molecule has 27 heavy (non-hydrogen) atoms. The van der Waals surface area contributed by atoms with Crippen LogP contribution in [-0.4, -0.2) is 28.9 Å². The number of amides is 1. The quantitative estimate of drug-likeness (QED) is 0.735. The number of likely N-dealkylation sites (tertiary alicyclic amines) is 1. The molecule has 0 spiro atoms. The van der Waals surface area contributed by atoms with Gasteiger partial charge in [0.2, 0.25) is 5.91 Å². The fourth-order valence-electron chi connectivity index (χ4n) is 3.60. The van der Waals surface area contributed by atoms with Crippen molar-refractivity contribution in [2.24, 2.45) is 5.92 Å². The lowest BCUT2D eigenvalue weighted by atomic mass is 9.90. The number of hydrogen-bond donors (Lipinski definition) is 1. The summed E-state index contributed by atoms with van der Waals surface area (Å²) >= 11 is 0. The standard InChI is InChI=1S/C23H23N3O/c27-23(25-15-21-13-7-8-14-24-21)20-16-26(17-20)22(18-9-3-1-4-10-18)19-11-5-2-6-12-19/h1-14,20,22H,15-17H2,(H,25,27). The van der Waals surface area contributed by atoms with Crippen molar-refractivity contribution in [1.29, 1.82) is 0 Å². The normalized spacial score (nSPS) is 14.7. The van der Waals surface area contributed by atoms with Gasteiger partial charge in [-0.25, -0.2) is 0 Å². The maximum atomic E-state index is 12.5. The number of hydrogen-bond acceptors (Lipinski definition) is 3. The molecule has 0 unspecified atom stereocenters. The van der Waals surface area contributed by atoms with Crippen molar-refractivity contribution in [2.75, 3.05) is 13.1 Å². The zero-order chi connectivity index (χ0) is 18.5. The molecule has 0 bridgehead atoms. The van der Waals surface area contributed by atoms with Gasteiger partial charge in [0.25, 0.3) is 0 Å². The Bertz CT molecular complexity index is 822. The fourth-order valence-corrected chi connectivity index (χ4v) is 3.60. The van der Waals surface area contributed by atoms with Crippen molar-refractivity contribution in [1.82, 2.24) is 15.2 Å². The van der Waals surface area contributed by atoms with Crippen molar-refractivity contribution < 1.29 is 4.79 Å². The highest BCUT2D eigenvalue weighted by Gasteiger charge is 2.37. The predicted molar refractivity (Wildman–Crippen MR) is 106 cm³/mol. The van der Waals surface area contributed by atoms with Crippen LogP contribution in [0, 0.1) is 5.92 Å². The summed E-state index contributed by atoms with van der Waals surface area (Å²) < 4.78 is 0. The van der Waals surface area contributed by atoms with Crippen LogP contribution in [0.4, 0.5) is 0 Å². The molecule has 2 aromatic carbocycles. The van der Waals surface area contributed by atoms with Crippen molar-refractivity contribution in [2.45, 2.75) is 12.6 Å². The molecule has 0 aliphatic carbocycles. The van der Waals surface area contributed by atoms with Crippen LogP contribution in [0.3, 0.4) is 0 Å². The molecule has 4 rings (SSSR count). The molecular formula is C23H23N3O. The van der Waals surface area contributed by atoms with Crippen LogP contribution >= 0.6 is 0 Å². The molecule has 1 N–H and O–H groups in total. The summed E-state index contributed by atoms with van der Waals surface area (Å²) in [4.78, 5) is 19.1. The maximum Gasteiger partial charge on any atom is 0.226 e. The minimum Gasteiger partial charge on any atom is -0.350 e. The Morgan fingerprint density at radius 2 is 1.52 bits per heavy atom. The van der Waals surface area contributed by atoms with Gasteiger partial charge in [-0.15, -0.1) is 0 Å². The second-order valence-corrected chi connectivity index (χ2v) is 6.91. The summed E-state index contributed by atoms with van der Waals surface area (Å²) in [6, 6.07) is 26.9. The van der Waals surface area contributed by atoms with Crippen LogP contribution in [-0.2, 0) is 11.3 Å². The molecular weight excluding hydrogens is 334 g/mol. The Morgan fingerprint density at radius 1 is 0.926 bits per heavy atom. The van der Waals surface area contributed by atoms with Crippen molar-refractivity contribution in [3.05, 3.63) is 102 Å². The molecule has 0 radical (unpaired) electrons. The van der Waals surface area contributed by atoms with Crippen LogP contribution in [0.2, 0.25) is 0 Å². The summed E-state index contributed by atoms with van der Waals surface area (Å²) in [5.41, 5.74) is 3.40. The Hall–Kier alpha value is -2.98. The van der Waals surface area contributed by atoms with Gasteiger partial charge in [0.05, 0.1) is 24.2 Å². The zero-order valence-electron chi connectivity index (χ0n) is 15.2. The summed E-state index contributed by atoms with van der Waals surface area (Å²) in [7, 11) is 0. The van der Waals surface area contributed by atoms with Gasteiger partial charge in [-0.05, 0) is 23.3 Å². The minimum atomic E-state index is 0.0311. The SMILES string of the molecule is O=C(NCc1ccccn1)C1CN(C(c2ccccc2)c2ccccc2)C1. The molecule has 0 atom stereocenters. The van der Waals surface area contributed by atoms with Gasteiger partial charge < -0.3 is 5.32 Å². The third kappa shape index (κ3) is 4.07. The molecule has 1 aliphatic heterocycles. The molecule has 3 aromatic rings. The van der Waals surface area contributed by atoms with E-state index in [2.05, 4.69) is 63.7 Å². The number of carbonyl (C=O) groups excluding carboxylic acids is 1. The molecule has 2 heterocycles. The van der Waals surface area contributed by atoms with Gasteiger partial charge in [0, 0.05) is 19.3 Å². The van der Waals surface area contributed by atoms with Crippen LogP contribution in [0.15, 0.2) is 85.1 Å². The lowest BCUT2D eigenvalue weighted by Crippen LogP contribution is -2.54. The van der Waals surface area contributed by atoms with Gasteiger partial charge in [-0.3, -0.25) is 14.7 Å². The highest BCUT2D eigenvalue weighted by Crippen LogP contribution is 2.34. The van der Waals surface area contributed by atoms with Crippen molar-refractivity contribution in [3.8, 4) is 0 Å². The number of aromatic nitrogens is 1. The van der Waals surface area contributed by atoms with Crippen molar-refractivity contribution in [3.63, 3.8) is 0 Å². The first-order chi connectivity index (χ1) is 13.3. The van der Waals surface area contributed by atoms with Crippen molar-refractivity contribution >= 4 is 5.91 Å². The van der Waals surface area contributed by atoms with Crippen LogP contribution in [0.25, 0.3) is 0 Å². The molecule has 136 valence electrons. The number of benzene rings is 2. The molecule has 1 aliphatic rings. The average Bonchev–Trinajstić information content (AvgIpc) is 2.70. The second-order valence-electron chi connectivity index (χ2n) is 6.91. The molecule has 0 saturated carbocycles. The largest absolute Gasteiger partial charge is 0.350 e. The molecule has 1 saturated heterocycles. The monoisotopic (exact) mass is 357 g/mol. The Morgan fingerprint density at radius 3 is 2.07 bits per heavy atom. The van der Waals surface area contributed by atoms with E-state index in [1.54, 1.807) is 6.20 Å². The lowest BCUT2D eigenvalue weighted by molar-refractivity contribution is -0.131. The second kappa shape index (κ2) is 8.14. The molecule has 1 fully saturated rings. The van der Waals surface area contributed by atoms with Gasteiger partial charge in [-0.2, -0.15) is 0 Å². The molecule has 4 heteroatoms. The van der Waals surface area contributed by atoms with Gasteiger partial charge in [-0.1, -0.05) is 66.7 Å². The summed E-state index contributed by atoms with van der Waals surface area (Å²) in [6.45, 7) is 2.02. The molecule has 1 amide bonds. The van der Waals surface area contributed by atoms with E-state index < -0.39 is 0 Å². The van der Waals surface area contributed by atoms with E-state index in [9.17, 15) is 4.79 Å². The summed E-state index contributed by atoms with van der Waals surface area (Å²) in [6.07, 6.45) is 1.75. The summed E-state index contributed by atoms with van der Waals surface area (Å²) in [5, 5.41) is 3.01. The maximum absolute atomic E-state index is 12.5. The highest BCUT2D eigenvalue weighted by molar-refractivity contribution is 5.80. The fraction of sp³-hybridized carbons (Fsp3) is 0.217. The topological polar surface area (TPSA) is 45.2 Å². The highest BCUT2D eigenvalue weighted by atomic mass is 16.2. The third-order valence-corrected chi connectivity index (χ3v) is 5.05. The number of rotatable bonds is 6. The Labute approximate surface area is 159 Å². The van der Waals surface area contributed by atoms with E-state index in [1.165, 1.54) is 11.1 Å². The first-order valence-electron chi connectivity index (χ1n) is 9.33. The van der Waals surface area contributed by atoms with Crippen LogP contribution in [0.1, 0.15) is 22.9 Å². The zero-order valence-corrected chi connectivity index (χ0v) is 15.2. The van der Waals surface area contributed by atoms with E-state index in [4.69, 9.17) is 0 Å². The molecule has 4 nitrogen and oxygen atoms in total. The number of nitrogens with one attached hydrogen (secondary N) is 1. The van der Waals surface area contributed by atoms with Crippen LogP contribution < -0.4 is 5.32 Å². The minimum absolute atomic E-state index is 0.0311. The van der Waals surface area contributed by atoms with E-state index in [-0.39, 0.29) is 17.9 Å². The van der Waals surface area contributed by atoms with Gasteiger partial charge in [0.1, 0.15) is 0 Å². The number of nitrogens with zero attached hydrogens (tertiary/aromatic N) is 2. The third-order valence-electron chi connectivity index (χ3n) is 5.05. The summed E-state index contributed by atoms with van der Waals surface area (Å²) in [5.74, 6) is 0.139. The smallest absolute Gasteiger partial charge is 0.226 e. The van der Waals surface area contributed by atoms with E-state index >= 15 is 0 Å². The number of pyridine rings is 1. The van der Waals surface area contributed by atoms with E-state index in [0.717, 1.165) is 18.8 Å². The van der Waals surface area contributed by atoms with Gasteiger partial charge >= 0.3 is 0 Å².